The van der Waals surface area contributed by atoms with Gasteiger partial charge in [0, 0.05) is 45.9 Å². The minimum Gasteiger partial charge on any atom is -0.375 e. The number of aliphatic imine (C=N–C) groups is 1. The van der Waals surface area contributed by atoms with Crippen LogP contribution in [0.5, 0.6) is 0 Å². The molecule has 1 aromatic carbocycles. The second-order valence-corrected chi connectivity index (χ2v) is 7.00. The Morgan fingerprint density at radius 2 is 2.00 bits per heavy atom. The number of ether oxygens (including phenoxy) is 1. The number of methoxy groups -OCH3 is 1. The Hall–Kier alpha value is -1.66. The summed E-state index contributed by atoms with van der Waals surface area (Å²) in [5.41, 5.74) is 0.937. The van der Waals surface area contributed by atoms with Crippen molar-refractivity contribution in [3.05, 3.63) is 35.6 Å². The molecule has 3 unspecified atom stereocenters. The smallest absolute Gasteiger partial charge is 0.191 e. The molecule has 0 bridgehead atoms. The van der Waals surface area contributed by atoms with E-state index in [1.54, 1.807) is 26.3 Å². The number of hydrogen-bond acceptors (Lipinski definition) is 3. The van der Waals surface area contributed by atoms with E-state index in [1.165, 1.54) is 12.1 Å². The molecule has 1 fully saturated rings. The van der Waals surface area contributed by atoms with Gasteiger partial charge in [0.05, 0.1) is 6.10 Å². The molecule has 6 heteroatoms. The highest BCUT2D eigenvalue weighted by molar-refractivity contribution is 5.80. The molecular weight excluding hydrogens is 319 g/mol. The molecule has 1 heterocycles. The predicted molar refractivity (Wildman–Crippen MR) is 100 cm³/mol. The highest BCUT2D eigenvalue weighted by Crippen LogP contribution is 2.19. The molecule has 0 aliphatic carbocycles. The van der Waals surface area contributed by atoms with Crippen molar-refractivity contribution < 1.29 is 9.13 Å². The van der Waals surface area contributed by atoms with Gasteiger partial charge in [0.15, 0.2) is 5.96 Å². The largest absolute Gasteiger partial charge is 0.375 e. The topological polar surface area (TPSA) is 48.9 Å². The van der Waals surface area contributed by atoms with Gasteiger partial charge < -0.3 is 15.4 Å². The van der Waals surface area contributed by atoms with E-state index in [2.05, 4.69) is 41.3 Å². The molecule has 1 aromatic rings. The number of halogens is 1. The van der Waals surface area contributed by atoms with Gasteiger partial charge in [-0.15, -0.1) is 0 Å². The molecule has 1 aliphatic rings. The first-order valence-electron chi connectivity index (χ1n) is 8.94. The van der Waals surface area contributed by atoms with Crippen LogP contribution in [0.2, 0.25) is 0 Å². The Kier molecular flexibility index (Phi) is 7.20. The third-order valence-corrected chi connectivity index (χ3v) is 4.90. The monoisotopic (exact) mass is 350 g/mol. The van der Waals surface area contributed by atoms with Crippen LogP contribution in [0.25, 0.3) is 0 Å². The number of nitrogens with one attached hydrogen (secondary N) is 2. The number of likely N-dealkylation sites (tertiary alicyclic amines) is 1. The summed E-state index contributed by atoms with van der Waals surface area (Å²) in [7, 11) is 3.43. The van der Waals surface area contributed by atoms with E-state index in [-0.39, 0.29) is 11.9 Å². The molecule has 0 spiro atoms. The molecule has 0 amide bonds. The quantitative estimate of drug-likeness (QED) is 0.611. The van der Waals surface area contributed by atoms with Crippen molar-refractivity contribution in [1.82, 2.24) is 15.5 Å². The zero-order chi connectivity index (χ0) is 18.4. The molecule has 25 heavy (non-hydrogen) atoms. The highest BCUT2D eigenvalue weighted by atomic mass is 19.1. The molecule has 0 saturated carbocycles. The van der Waals surface area contributed by atoms with Gasteiger partial charge in [0.25, 0.3) is 0 Å². The van der Waals surface area contributed by atoms with Gasteiger partial charge >= 0.3 is 0 Å². The zero-order valence-electron chi connectivity index (χ0n) is 15.9. The molecule has 3 atom stereocenters. The van der Waals surface area contributed by atoms with Crippen LogP contribution in [0.3, 0.4) is 0 Å². The number of rotatable bonds is 6. The first-order chi connectivity index (χ1) is 11.9. The Labute approximate surface area is 150 Å². The standard InChI is InChI=1S/C19H31FN4O/c1-13(2)24-11-14(3)17(12-24)23-19(21-4)22-10-18(25-5)15-6-8-16(20)9-7-15/h6-9,13-14,17-18H,10-12H2,1-5H3,(H2,21,22,23). The van der Waals surface area contributed by atoms with Crippen molar-refractivity contribution in [3.63, 3.8) is 0 Å². The number of benzene rings is 1. The first-order valence-corrected chi connectivity index (χ1v) is 8.94. The summed E-state index contributed by atoms with van der Waals surface area (Å²) in [6.45, 7) is 9.41. The summed E-state index contributed by atoms with van der Waals surface area (Å²) in [5.74, 6) is 1.09. The van der Waals surface area contributed by atoms with Crippen LogP contribution in [-0.4, -0.2) is 56.7 Å². The van der Waals surface area contributed by atoms with E-state index in [0.29, 0.717) is 24.5 Å². The van der Waals surface area contributed by atoms with Crippen molar-refractivity contribution in [2.45, 2.75) is 39.0 Å². The van der Waals surface area contributed by atoms with Crippen LogP contribution < -0.4 is 10.6 Å². The van der Waals surface area contributed by atoms with Gasteiger partial charge in [0.2, 0.25) is 0 Å². The molecule has 5 nitrogen and oxygen atoms in total. The van der Waals surface area contributed by atoms with Crippen molar-refractivity contribution in [3.8, 4) is 0 Å². The zero-order valence-corrected chi connectivity index (χ0v) is 15.9. The van der Waals surface area contributed by atoms with Gasteiger partial charge in [-0.05, 0) is 37.5 Å². The lowest BCUT2D eigenvalue weighted by Crippen LogP contribution is -2.47. The van der Waals surface area contributed by atoms with Crippen LogP contribution in [-0.2, 0) is 4.74 Å². The average molecular weight is 350 g/mol. The average Bonchev–Trinajstić information content (AvgIpc) is 2.96. The van der Waals surface area contributed by atoms with Crippen LogP contribution >= 0.6 is 0 Å². The summed E-state index contributed by atoms with van der Waals surface area (Å²) < 4.78 is 18.6. The van der Waals surface area contributed by atoms with E-state index >= 15 is 0 Å². The number of nitrogens with zero attached hydrogens (tertiary/aromatic N) is 2. The van der Waals surface area contributed by atoms with Gasteiger partial charge in [0.1, 0.15) is 5.82 Å². The van der Waals surface area contributed by atoms with Crippen LogP contribution in [0, 0.1) is 11.7 Å². The highest BCUT2D eigenvalue weighted by Gasteiger charge is 2.31. The Morgan fingerprint density at radius 3 is 2.52 bits per heavy atom. The third kappa shape index (κ3) is 5.41. The van der Waals surface area contributed by atoms with E-state index in [1.807, 2.05) is 0 Å². The molecule has 0 radical (unpaired) electrons. The van der Waals surface area contributed by atoms with Crippen LogP contribution in [0.15, 0.2) is 29.3 Å². The third-order valence-electron chi connectivity index (χ3n) is 4.90. The van der Waals surface area contributed by atoms with Crippen molar-refractivity contribution in [2.24, 2.45) is 10.9 Å². The molecular formula is C19H31FN4O. The molecule has 2 N–H and O–H groups in total. The van der Waals surface area contributed by atoms with E-state index < -0.39 is 0 Å². The van der Waals surface area contributed by atoms with E-state index in [0.717, 1.165) is 24.6 Å². The second-order valence-electron chi connectivity index (χ2n) is 7.00. The lowest BCUT2D eigenvalue weighted by Gasteiger charge is -2.23. The molecule has 0 aromatic heterocycles. The fourth-order valence-corrected chi connectivity index (χ4v) is 3.19. The van der Waals surface area contributed by atoms with Gasteiger partial charge in [-0.2, -0.15) is 0 Å². The summed E-state index contributed by atoms with van der Waals surface area (Å²) in [6, 6.07) is 7.34. The Balaban J connectivity index is 1.90. The molecule has 140 valence electrons. The summed E-state index contributed by atoms with van der Waals surface area (Å²) in [5, 5.41) is 6.85. The Bertz CT molecular complexity index is 561. The molecule has 1 saturated heterocycles. The van der Waals surface area contributed by atoms with Crippen LogP contribution in [0.1, 0.15) is 32.4 Å². The lowest BCUT2D eigenvalue weighted by atomic mass is 10.1. The first kappa shape index (κ1) is 19.7. The molecule has 1 aliphatic heterocycles. The van der Waals surface area contributed by atoms with Gasteiger partial charge in [-0.1, -0.05) is 19.1 Å². The normalized spacial score (nSPS) is 23.1. The minimum absolute atomic E-state index is 0.160. The van der Waals surface area contributed by atoms with Crippen molar-refractivity contribution in [2.75, 3.05) is 33.8 Å². The maximum absolute atomic E-state index is 13.1. The SMILES string of the molecule is CN=C(NCC(OC)c1ccc(F)cc1)NC1CN(C(C)C)CC1C. The van der Waals surface area contributed by atoms with Crippen LogP contribution in [0.4, 0.5) is 4.39 Å². The maximum Gasteiger partial charge on any atom is 0.191 e. The fourth-order valence-electron chi connectivity index (χ4n) is 3.19. The summed E-state index contributed by atoms with van der Waals surface area (Å²) in [4.78, 5) is 6.81. The molecule has 2 rings (SSSR count). The predicted octanol–water partition coefficient (Wildman–Crippen LogP) is 2.41. The Morgan fingerprint density at radius 1 is 1.32 bits per heavy atom. The number of guanidine groups is 1. The van der Waals surface area contributed by atoms with Gasteiger partial charge in [-0.3, -0.25) is 9.89 Å². The van der Waals surface area contributed by atoms with Crippen molar-refractivity contribution >= 4 is 5.96 Å². The van der Waals surface area contributed by atoms with Gasteiger partial charge in [-0.25, -0.2) is 4.39 Å². The summed E-state index contributed by atoms with van der Waals surface area (Å²) >= 11 is 0. The van der Waals surface area contributed by atoms with Crippen molar-refractivity contribution in [1.29, 1.82) is 0 Å². The second kappa shape index (κ2) is 9.15. The van der Waals surface area contributed by atoms with E-state index in [4.69, 9.17) is 4.74 Å². The fraction of sp³-hybridized carbons (Fsp3) is 0.632. The van der Waals surface area contributed by atoms with E-state index in [9.17, 15) is 4.39 Å². The maximum atomic E-state index is 13.1. The lowest BCUT2D eigenvalue weighted by molar-refractivity contribution is 0.106. The summed E-state index contributed by atoms with van der Waals surface area (Å²) in [6.07, 6.45) is -0.160. The number of hydrogen-bond donors (Lipinski definition) is 2. The minimum atomic E-state index is -0.242.